The zero-order valence-electron chi connectivity index (χ0n) is 13.6. The van der Waals surface area contributed by atoms with E-state index in [-0.39, 0.29) is 29.3 Å². The topological polar surface area (TPSA) is 57.7 Å². The second-order valence-electron chi connectivity index (χ2n) is 6.42. The van der Waals surface area contributed by atoms with Gasteiger partial charge in [0.15, 0.2) is 0 Å². The molecular weight excluding hydrogens is 324 g/mol. The van der Waals surface area contributed by atoms with Gasteiger partial charge in [0.25, 0.3) is 0 Å². The largest absolute Gasteiger partial charge is 0.328 e. The fourth-order valence-corrected chi connectivity index (χ4v) is 4.75. The zero-order chi connectivity index (χ0) is 17.2. The van der Waals surface area contributed by atoms with Crippen LogP contribution in [-0.4, -0.2) is 49.2 Å². The molecule has 0 N–H and O–H groups in total. The Morgan fingerprint density at radius 1 is 1.25 bits per heavy atom. The Hall–Kier alpha value is -1.84. The summed E-state index contributed by atoms with van der Waals surface area (Å²) in [7, 11) is -3.55. The van der Waals surface area contributed by atoms with Gasteiger partial charge in [0.05, 0.1) is 17.4 Å². The number of rotatable bonds is 5. The van der Waals surface area contributed by atoms with Crippen LogP contribution in [0.3, 0.4) is 0 Å². The summed E-state index contributed by atoms with van der Waals surface area (Å²) in [6.07, 6.45) is 8.78. The summed E-state index contributed by atoms with van der Waals surface area (Å²) in [5, 5.41) is 0. The first-order valence-corrected chi connectivity index (χ1v) is 9.77. The summed E-state index contributed by atoms with van der Waals surface area (Å²) < 4.78 is 27.0. The third-order valence-electron chi connectivity index (χ3n) is 4.65. The summed E-state index contributed by atoms with van der Waals surface area (Å²) in [6, 6.07) is 8.64. The van der Waals surface area contributed by atoms with Crippen molar-refractivity contribution < 1.29 is 13.2 Å². The molecule has 1 saturated heterocycles. The molecule has 0 unspecified atom stereocenters. The number of sulfonamides is 1. The first kappa shape index (κ1) is 17.0. The SMILES string of the molecule is C#CCN(C(=O)[C@@H]1CCCN(S(=O)(=O)c2ccccc2)C1)C1CC1. The third kappa shape index (κ3) is 3.47. The van der Waals surface area contributed by atoms with Gasteiger partial charge in [0.1, 0.15) is 0 Å². The molecule has 2 aliphatic rings. The molecule has 5 nitrogen and oxygen atoms in total. The van der Waals surface area contributed by atoms with Crippen LogP contribution in [0.4, 0.5) is 0 Å². The van der Waals surface area contributed by atoms with Crippen LogP contribution < -0.4 is 0 Å². The molecule has 0 bridgehead atoms. The maximum Gasteiger partial charge on any atom is 0.243 e. The molecule has 1 saturated carbocycles. The summed E-state index contributed by atoms with van der Waals surface area (Å²) in [5.74, 6) is 2.25. The lowest BCUT2D eigenvalue weighted by atomic mass is 9.98. The molecule has 0 spiro atoms. The number of piperidine rings is 1. The van der Waals surface area contributed by atoms with Crippen molar-refractivity contribution in [3.8, 4) is 12.3 Å². The van der Waals surface area contributed by atoms with Gasteiger partial charge in [-0.15, -0.1) is 6.42 Å². The molecule has 2 fully saturated rings. The quantitative estimate of drug-likeness (QED) is 0.763. The molecule has 3 rings (SSSR count). The summed E-state index contributed by atoms with van der Waals surface area (Å²) >= 11 is 0. The number of terminal acetylenes is 1. The van der Waals surface area contributed by atoms with E-state index in [1.807, 2.05) is 0 Å². The fourth-order valence-electron chi connectivity index (χ4n) is 3.21. The van der Waals surface area contributed by atoms with Crippen LogP contribution in [-0.2, 0) is 14.8 Å². The molecule has 0 aromatic heterocycles. The molecule has 6 heteroatoms. The molecular formula is C18H22N2O3S. The van der Waals surface area contributed by atoms with E-state index in [1.165, 1.54) is 4.31 Å². The van der Waals surface area contributed by atoms with E-state index >= 15 is 0 Å². The average Bonchev–Trinajstić information content (AvgIpc) is 3.45. The number of carbonyl (C=O) groups is 1. The van der Waals surface area contributed by atoms with E-state index in [0.29, 0.717) is 25.9 Å². The lowest BCUT2D eigenvalue weighted by Crippen LogP contribution is -2.47. The molecule has 0 radical (unpaired) electrons. The normalized spacial score (nSPS) is 21.9. The van der Waals surface area contributed by atoms with E-state index in [9.17, 15) is 13.2 Å². The number of amides is 1. The van der Waals surface area contributed by atoms with Gasteiger partial charge in [-0.25, -0.2) is 8.42 Å². The Balaban J connectivity index is 1.74. The molecule has 1 heterocycles. The standard InChI is InChI=1S/C18H22N2O3S/c1-2-12-20(16-10-11-16)18(21)15-7-6-13-19(14-15)24(22,23)17-8-4-3-5-9-17/h1,3-5,8-9,15-16H,6-7,10-14H2/t15-/m1/s1. The molecule has 1 aromatic rings. The first-order valence-electron chi connectivity index (χ1n) is 8.33. The predicted molar refractivity (Wildman–Crippen MR) is 91.5 cm³/mol. The molecule has 128 valence electrons. The first-order chi connectivity index (χ1) is 11.5. The third-order valence-corrected chi connectivity index (χ3v) is 6.53. The van der Waals surface area contributed by atoms with Gasteiger partial charge in [-0.05, 0) is 37.8 Å². The van der Waals surface area contributed by atoms with Crippen molar-refractivity contribution in [2.24, 2.45) is 5.92 Å². The zero-order valence-corrected chi connectivity index (χ0v) is 14.4. The van der Waals surface area contributed by atoms with E-state index < -0.39 is 10.0 Å². The fraction of sp³-hybridized carbons (Fsp3) is 0.500. The molecule has 1 atom stereocenters. The van der Waals surface area contributed by atoms with E-state index in [2.05, 4.69) is 5.92 Å². The lowest BCUT2D eigenvalue weighted by Gasteiger charge is -2.34. The number of carbonyl (C=O) groups excluding carboxylic acids is 1. The van der Waals surface area contributed by atoms with Gasteiger partial charge in [0, 0.05) is 19.1 Å². The van der Waals surface area contributed by atoms with Crippen LogP contribution in [0.2, 0.25) is 0 Å². The summed E-state index contributed by atoms with van der Waals surface area (Å²) in [4.78, 5) is 14.8. The summed E-state index contributed by atoms with van der Waals surface area (Å²) in [5.41, 5.74) is 0. The minimum absolute atomic E-state index is 0.00316. The highest BCUT2D eigenvalue weighted by atomic mass is 32.2. The molecule has 1 aliphatic heterocycles. The highest BCUT2D eigenvalue weighted by Gasteiger charge is 2.39. The van der Waals surface area contributed by atoms with Gasteiger partial charge < -0.3 is 4.90 Å². The van der Waals surface area contributed by atoms with Crippen molar-refractivity contribution in [3.63, 3.8) is 0 Å². The number of nitrogens with zero attached hydrogens (tertiary/aromatic N) is 2. The lowest BCUT2D eigenvalue weighted by molar-refractivity contribution is -0.136. The van der Waals surface area contributed by atoms with Gasteiger partial charge in [-0.3, -0.25) is 4.79 Å². The Bertz CT molecular complexity index is 735. The second-order valence-corrected chi connectivity index (χ2v) is 8.35. The summed E-state index contributed by atoms with van der Waals surface area (Å²) in [6.45, 7) is 1.01. The highest BCUT2D eigenvalue weighted by Crippen LogP contribution is 2.31. The molecule has 24 heavy (non-hydrogen) atoms. The second kappa shape index (κ2) is 6.96. The van der Waals surface area contributed by atoms with Crippen LogP contribution >= 0.6 is 0 Å². The minimum Gasteiger partial charge on any atom is -0.328 e. The van der Waals surface area contributed by atoms with Gasteiger partial charge in [-0.1, -0.05) is 24.1 Å². The number of hydrogen-bond donors (Lipinski definition) is 0. The molecule has 1 aromatic carbocycles. The number of benzene rings is 1. The van der Waals surface area contributed by atoms with Crippen LogP contribution in [0.25, 0.3) is 0 Å². The molecule has 1 aliphatic carbocycles. The Morgan fingerprint density at radius 3 is 2.58 bits per heavy atom. The van der Waals surface area contributed by atoms with Gasteiger partial charge >= 0.3 is 0 Å². The van der Waals surface area contributed by atoms with Crippen molar-refractivity contribution in [3.05, 3.63) is 30.3 Å². The Labute approximate surface area is 143 Å². The van der Waals surface area contributed by atoms with E-state index in [1.54, 1.807) is 35.2 Å². The van der Waals surface area contributed by atoms with E-state index in [4.69, 9.17) is 6.42 Å². The van der Waals surface area contributed by atoms with Crippen molar-refractivity contribution in [1.29, 1.82) is 0 Å². The monoisotopic (exact) mass is 346 g/mol. The van der Waals surface area contributed by atoms with Crippen LogP contribution in [0, 0.1) is 18.3 Å². The number of hydrogen-bond acceptors (Lipinski definition) is 3. The van der Waals surface area contributed by atoms with Crippen LogP contribution in [0.15, 0.2) is 35.2 Å². The van der Waals surface area contributed by atoms with Gasteiger partial charge in [0.2, 0.25) is 15.9 Å². The van der Waals surface area contributed by atoms with Crippen molar-refractivity contribution >= 4 is 15.9 Å². The smallest absolute Gasteiger partial charge is 0.243 e. The Kier molecular flexibility index (Phi) is 4.93. The van der Waals surface area contributed by atoms with Crippen LogP contribution in [0.1, 0.15) is 25.7 Å². The van der Waals surface area contributed by atoms with Crippen LogP contribution in [0.5, 0.6) is 0 Å². The van der Waals surface area contributed by atoms with Gasteiger partial charge in [-0.2, -0.15) is 4.31 Å². The average molecular weight is 346 g/mol. The van der Waals surface area contributed by atoms with Crippen molar-refractivity contribution in [2.45, 2.75) is 36.6 Å². The van der Waals surface area contributed by atoms with E-state index in [0.717, 1.165) is 12.8 Å². The molecule has 1 amide bonds. The maximum absolute atomic E-state index is 12.8. The van der Waals surface area contributed by atoms with Crippen molar-refractivity contribution in [1.82, 2.24) is 9.21 Å². The maximum atomic E-state index is 12.8. The van der Waals surface area contributed by atoms with Crippen molar-refractivity contribution in [2.75, 3.05) is 19.6 Å². The predicted octanol–water partition coefficient (Wildman–Crippen LogP) is 1.71. The highest BCUT2D eigenvalue weighted by molar-refractivity contribution is 7.89. The Morgan fingerprint density at radius 2 is 1.96 bits per heavy atom. The minimum atomic E-state index is -3.55.